The highest BCUT2D eigenvalue weighted by molar-refractivity contribution is 6.35. The Morgan fingerprint density at radius 2 is 1.61 bits per heavy atom. The molecule has 13 heteroatoms. The van der Waals surface area contributed by atoms with Gasteiger partial charge in [0.15, 0.2) is 23.9 Å². The minimum atomic E-state index is -0.869. The lowest BCUT2D eigenvalue weighted by Gasteiger charge is -2.44. The van der Waals surface area contributed by atoms with E-state index in [1.54, 1.807) is 60.7 Å². The summed E-state index contributed by atoms with van der Waals surface area (Å²) in [5.74, 6) is 0.113. The normalized spacial score (nSPS) is 17.8. The molecule has 0 N–H and O–H groups in total. The molecule has 0 unspecified atom stereocenters. The fourth-order valence-corrected chi connectivity index (χ4v) is 7.97. The Labute approximate surface area is 334 Å². The predicted octanol–water partition coefficient (Wildman–Crippen LogP) is 8.83. The molecular formula is C43H40Cl2FN3O7. The average molecular weight is 801 g/mol. The average Bonchev–Trinajstić information content (AvgIpc) is 3.21. The molecule has 3 aliphatic heterocycles. The summed E-state index contributed by atoms with van der Waals surface area (Å²) < 4.78 is 38.6. The number of benzene rings is 4. The van der Waals surface area contributed by atoms with E-state index in [0.717, 1.165) is 42.6 Å². The van der Waals surface area contributed by atoms with E-state index in [4.69, 9.17) is 42.1 Å². The number of anilines is 1. The molecule has 4 heterocycles. The third-order valence-corrected chi connectivity index (χ3v) is 11.1. The molecule has 0 radical (unpaired) electrons. The summed E-state index contributed by atoms with van der Waals surface area (Å²) in [4.78, 5) is 31.0. The second-order valence-electron chi connectivity index (χ2n) is 13.9. The van der Waals surface area contributed by atoms with Crippen LogP contribution in [0.3, 0.4) is 0 Å². The molecule has 1 aromatic heterocycles. The maximum atomic E-state index is 15.1. The van der Waals surface area contributed by atoms with E-state index >= 15 is 4.39 Å². The summed E-state index contributed by atoms with van der Waals surface area (Å²) in [5, 5.41) is 12.2. The van der Waals surface area contributed by atoms with Gasteiger partial charge in [-0.2, -0.15) is 4.73 Å². The molecule has 2 atom stereocenters. The second kappa shape index (κ2) is 17.2. The maximum absolute atomic E-state index is 15.1. The predicted molar refractivity (Wildman–Crippen MR) is 211 cm³/mol. The molecular weight excluding hydrogens is 760 g/mol. The van der Waals surface area contributed by atoms with Crippen molar-refractivity contribution in [2.75, 3.05) is 38.8 Å². The smallest absolute Gasteiger partial charge is 0.415 e. The van der Waals surface area contributed by atoms with Gasteiger partial charge in [-0.05, 0) is 96.6 Å². The Hall–Kier alpha value is -5.36. The number of hydrogen-bond acceptors (Lipinski definition) is 8. The van der Waals surface area contributed by atoms with Crippen molar-refractivity contribution in [1.29, 1.82) is 0 Å². The van der Waals surface area contributed by atoms with Crippen LogP contribution in [-0.2, 0) is 22.4 Å². The summed E-state index contributed by atoms with van der Waals surface area (Å²) >= 11 is 12.8. The number of amides is 1. The summed E-state index contributed by atoms with van der Waals surface area (Å²) in [6.45, 7) is 2.79. The lowest BCUT2D eigenvalue weighted by molar-refractivity contribution is -0.605. The number of piperidine rings is 3. The molecule has 5 aromatic rings. The van der Waals surface area contributed by atoms with Crippen LogP contribution >= 0.6 is 23.2 Å². The molecule has 56 heavy (non-hydrogen) atoms. The lowest BCUT2D eigenvalue weighted by Crippen LogP contribution is -2.53. The van der Waals surface area contributed by atoms with Crippen LogP contribution in [0.1, 0.15) is 46.0 Å². The Morgan fingerprint density at radius 3 is 2.27 bits per heavy atom. The number of halogens is 3. The van der Waals surface area contributed by atoms with E-state index in [0.29, 0.717) is 45.4 Å². The summed E-state index contributed by atoms with van der Waals surface area (Å²) in [5.41, 5.74) is 3.86. The highest BCUT2D eigenvalue weighted by Gasteiger charge is 2.38. The van der Waals surface area contributed by atoms with Crippen LogP contribution in [0.2, 0.25) is 10.0 Å². The standard InChI is InChI=1S/C43H40Cl2FN3O7/c1-53-38-15-14-32(21-40(38)54-2)39(22-33-34(44)24-48(52)25-35(33)45)55-42(50)30-12-10-28(11-13-30)31-7-5-6-27(20-31)23-49(37-9-4-3-8-36(37)46)43(51)56-41-26-47-18-16-29(41)17-19-47/h3-15,20-21,24-25,29,39,41H,16-19,22-23,26H2,1-2H3/t39-,41-/m0/s1. The molecule has 0 saturated carbocycles. The second-order valence-corrected chi connectivity index (χ2v) is 14.7. The Bertz CT molecular complexity index is 2190. The van der Waals surface area contributed by atoms with Crippen LogP contribution < -0.4 is 19.1 Å². The number of nitrogens with zero attached hydrogens (tertiary/aromatic N) is 3. The van der Waals surface area contributed by atoms with Crippen LogP contribution in [0.5, 0.6) is 11.5 Å². The molecule has 290 valence electrons. The number of esters is 1. The number of rotatable bonds is 12. The van der Waals surface area contributed by atoms with E-state index in [9.17, 15) is 14.8 Å². The monoisotopic (exact) mass is 799 g/mol. The Kier molecular flexibility index (Phi) is 11.9. The molecule has 4 aromatic carbocycles. The van der Waals surface area contributed by atoms with Gasteiger partial charge in [-0.15, -0.1) is 0 Å². The molecule has 0 aliphatic carbocycles. The van der Waals surface area contributed by atoms with Crippen LogP contribution in [-0.4, -0.2) is 56.9 Å². The van der Waals surface area contributed by atoms with Gasteiger partial charge in [-0.25, -0.2) is 14.0 Å². The first-order valence-corrected chi connectivity index (χ1v) is 19.0. The van der Waals surface area contributed by atoms with Crippen LogP contribution in [0, 0.1) is 16.9 Å². The highest BCUT2D eigenvalue weighted by atomic mass is 35.5. The van der Waals surface area contributed by atoms with Crippen molar-refractivity contribution in [1.82, 2.24) is 4.90 Å². The molecule has 1 amide bonds. The van der Waals surface area contributed by atoms with Gasteiger partial charge in [0.2, 0.25) is 0 Å². The number of para-hydroxylation sites is 1. The van der Waals surface area contributed by atoms with Crippen molar-refractivity contribution < 1.29 is 37.7 Å². The van der Waals surface area contributed by atoms with Gasteiger partial charge in [0.05, 0.1) is 32.0 Å². The Morgan fingerprint density at radius 1 is 0.893 bits per heavy atom. The zero-order valence-corrected chi connectivity index (χ0v) is 32.3. The number of methoxy groups -OCH3 is 2. The van der Waals surface area contributed by atoms with Crippen molar-refractivity contribution in [3.63, 3.8) is 0 Å². The summed E-state index contributed by atoms with van der Waals surface area (Å²) in [6.07, 6.45) is 2.72. The summed E-state index contributed by atoms with van der Waals surface area (Å²) in [7, 11) is 3.03. The molecule has 8 rings (SSSR count). The number of carbonyl (C=O) groups is 2. The van der Waals surface area contributed by atoms with Gasteiger partial charge in [-0.3, -0.25) is 9.80 Å². The highest BCUT2D eigenvalue weighted by Crippen LogP contribution is 2.36. The molecule has 10 nitrogen and oxygen atoms in total. The maximum Gasteiger partial charge on any atom is 0.415 e. The van der Waals surface area contributed by atoms with Gasteiger partial charge in [-0.1, -0.05) is 71.7 Å². The molecule has 2 bridgehead atoms. The lowest BCUT2D eigenvalue weighted by atomic mass is 9.86. The minimum absolute atomic E-state index is 0.0712. The van der Waals surface area contributed by atoms with Crippen molar-refractivity contribution in [2.24, 2.45) is 5.92 Å². The van der Waals surface area contributed by atoms with Crippen molar-refractivity contribution in [3.8, 4) is 22.6 Å². The molecule has 3 saturated heterocycles. The first-order chi connectivity index (χ1) is 27.1. The van der Waals surface area contributed by atoms with Crippen molar-refractivity contribution in [2.45, 2.75) is 38.0 Å². The van der Waals surface area contributed by atoms with E-state index in [1.807, 2.05) is 24.3 Å². The largest absolute Gasteiger partial charge is 0.619 e. The molecule has 3 fully saturated rings. The number of ether oxygens (including phenoxy) is 4. The first-order valence-electron chi connectivity index (χ1n) is 18.2. The van der Waals surface area contributed by atoms with Gasteiger partial charge < -0.3 is 24.2 Å². The SMILES string of the molecule is COc1ccc([C@H](Cc2c(Cl)c[n+]([O-])cc2Cl)OC(=O)c2ccc(-c3cccc(CN(C(=O)O[C@H]4CN5CCC4CC5)c4ccccc4F)c3)cc2)cc1OC. The van der Waals surface area contributed by atoms with Gasteiger partial charge in [0.25, 0.3) is 0 Å². The number of aromatic nitrogens is 1. The third-order valence-electron chi connectivity index (χ3n) is 10.4. The van der Waals surface area contributed by atoms with Gasteiger partial charge in [0.1, 0.15) is 28.1 Å². The van der Waals surface area contributed by atoms with E-state index in [1.165, 1.54) is 37.6 Å². The van der Waals surface area contributed by atoms with E-state index in [2.05, 4.69) is 4.90 Å². The third kappa shape index (κ3) is 8.70. The van der Waals surface area contributed by atoms with Crippen molar-refractivity contribution in [3.05, 3.63) is 147 Å². The fraction of sp³-hybridized carbons (Fsp3) is 0.279. The Balaban J connectivity index is 1.10. The van der Waals surface area contributed by atoms with Crippen molar-refractivity contribution >= 4 is 41.0 Å². The number of fused-ring (bicyclic) bond motifs is 3. The van der Waals surface area contributed by atoms with Crippen LogP contribution in [0.25, 0.3) is 11.1 Å². The van der Waals surface area contributed by atoms with Crippen LogP contribution in [0.15, 0.2) is 103 Å². The molecule has 0 spiro atoms. The summed E-state index contributed by atoms with van der Waals surface area (Å²) in [6, 6.07) is 25.9. The number of hydrogen-bond donors (Lipinski definition) is 0. The minimum Gasteiger partial charge on any atom is -0.619 e. The van der Waals surface area contributed by atoms with Gasteiger partial charge >= 0.3 is 12.1 Å². The number of pyridine rings is 1. The zero-order chi connectivity index (χ0) is 39.3. The molecule has 3 aliphatic rings. The topological polar surface area (TPSA) is 104 Å². The zero-order valence-electron chi connectivity index (χ0n) is 30.8. The quantitative estimate of drug-likeness (QED) is 0.0701. The van der Waals surface area contributed by atoms with E-state index < -0.39 is 24.0 Å². The van der Waals surface area contributed by atoms with Gasteiger partial charge in [0, 0.05) is 18.5 Å². The fourth-order valence-electron chi connectivity index (χ4n) is 7.38. The van der Waals surface area contributed by atoms with E-state index in [-0.39, 0.29) is 34.8 Å². The number of carbonyl (C=O) groups excluding carboxylic acids is 2. The van der Waals surface area contributed by atoms with Crippen LogP contribution in [0.4, 0.5) is 14.9 Å². The first kappa shape index (κ1) is 38.9.